The lowest BCUT2D eigenvalue weighted by molar-refractivity contribution is 0.630. The minimum atomic E-state index is -2.80. The van der Waals surface area contributed by atoms with Crippen LogP contribution in [0.5, 0.6) is 0 Å². The van der Waals surface area contributed by atoms with E-state index in [0.717, 1.165) is 61.0 Å². The fourth-order valence-electron chi connectivity index (χ4n) is 6.37. The van der Waals surface area contributed by atoms with Crippen LogP contribution in [0, 0.1) is 20.8 Å². The Kier molecular flexibility index (Phi) is 7.38. The predicted octanol–water partition coefficient (Wildman–Crippen LogP) is 10.4. The largest absolute Gasteiger partial charge is 0.678 e. The molecule has 0 amide bonds. The van der Waals surface area contributed by atoms with E-state index in [0.29, 0.717) is 22.7 Å². The first-order valence-electron chi connectivity index (χ1n) is 15.1. The third-order valence-electron chi connectivity index (χ3n) is 8.47. The molecule has 0 unspecified atom stereocenters. The number of aromatic nitrogens is 1. The molecule has 0 bridgehead atoms. The van der Waals surface area contributed by atoms with E-state index >= 15 is 8.63 Å². The average Bonchev–Trinajstić information content (AvgIpc) is 3.64. The molecule has 5 aromatic carbocycles. The number of hydrogen-bond donors (Lipinski definition) is 0. The van der Waals surface area contributed by atoms with Crippen molar-refractivity contribution >= 4 is 35.0 Å². The fourth-order valence-corrected chi connectivity index (χ4v) is 6.37. The summed E-state index contributed by atoms with van der Waals surface area (Å²) >= 11 is 0. The van der Waals surface area contributed by atoms with E-state index in [1.807, 2.05) is 123 Å². The summed E-state index contributed by atoms with van der Waals surface area (Å²) in [4.78, 5) is 5.27. The molecule has 218 valence electrons. The first-order valence-corrected chi connectivity index (χ1v) is 15.1. The molecule has 0 N–H and O–H groups in total. The minimum Gasteiger partial charge on any atom is -0.324 e. The normalized spacial score (nSPS) is 14.0. The number of allylic oxidation sites excluding steroid dienone is 2. The lowest BCUT2D eigenvalue weighted by Crippen LogP contribution is -2.18. The van der Waals surface area contributed by atoms with Gasteiger partial charge in [-0.15, -0.1) is 0 Å². The SMILES string of the molecule is Cc1cccc(C2=CC(c3ccccc3)=NC2=C(c2ccccc2)c2c3ccccc3c(-c3cc(C)ccc3C)n2B(F)F)c1. The maximum absolute atomic E-state index is 15.7. The second-order valence-corrected chi connectivity index (χ2v) is 11.6. The summed E-state index contributed by atoms with van der Waals surface area (Å²) in [6, 6.07) is 41.9. The van der Waals surface area contributed by atoms with Crippen molar-refractivity contribution in [1.29, 1.82) is 0 Å². The Labute approximate surface area is 262 Å². The minimum absolute atomic E-state index is 0.453. The second kappa shape index (κ2) is 11.7. The van der Waals surface area contributed by atoms with Crippen LogP contribution in [-0.4, -0.2) is 17.6 Å². The summed E-state index contributed by atoms with van der Waals surface area (Å²) in [6.07, 6.45) is 2.09. The summed E-state index contributed by atoms with van der Waals surface area (Å²) in [6.45, 7) is 6.04. The van der Waals surface area contributed by atoms with Crippen LogP contribution in [0.1, 0.15) is 39.1 Å². The highest BCUT2D eigenvalue weighted by Gasteiger charge is 2.33. The average molecular weight is 589 g/mol. The van der Waals surface area contributed by atoms with Gasteiger partial charge < -0.3 is 4.48 Å². The van der Waals surface area contributed by atoms with Crippen molar-refractivity contribution in [2.45, 2.75) is 20.8 Å². The van der Waals surface area contributed by atoms with Gasteiger partial charge in [0.25, 0.3) is 0 Å². The van der Waals surface area contributed by atoms with Gasteiger partial charge in [0.15, 0.2) is 0 Å². The lowest BCUT2D eigenvalue weighted by atomic mass is 9.91. The van der Waals surface area contributed by atoms with Gasteiger partial charge in [0.2, 0.25) is 0 Å². The highest BCUT2D eigenvalue weighted by molar-refractivity contribution is 6.44. The molecule has 7 rings (SSSR count). The van der Waals surface area contributed by atoms with Gasteiger partial charge in [-0.25, -0.2) is 4.99 Å². The third kappa shape index (κ3) is 5.14. The molecule has 6 aromatic rings. The van der Waals surface area contributed by atoms with Crippen molar-refractivity contribution in [2.75, 3.05) is 0 Å². The molecule has 0 radical (unpaired) electrons. The summed E-state index contributed by atoms with van der Waals surface area (Å²) < 4.78 is 32.7. The van der Waals surface area contributed by atoms with Crippen LogP contribution in [0.3, 0.4) is 0 Å². The lowest BCUT2D eigenvalue weighted by Gasteiger charge is -2.18. The first kappa shape index (κ1) is 28.5. The molecule has 0 saturated heterocycles. The first-order chi connectivity index (χ1) is 21.9. The summed E-state index contributed by atoms with van der Waals surface area (Å²) in [5, 5.41) is 1.54. The summed E-state index contributed by atoms with van der Waals surface area (Å²) in [7, 11) is -2.80. The van der Waals surface area contributed by atoms with E-state index in [-0.39, 0.29) is 0 Å². The Morgan fingerprint density at radius 1 is 0.644 bits per heavy atom. The van der Waals surface area contributed by atoms with Gasteiger partial charge in [0.1, 0.15) is 0 Å². The van der Waals surface area contributed by atoms with Gasteiger partial charge in [0.05, 0.1) is 17.1 Å². The Bertz CT molecular complexity index is 2160. The molecule has 1 aliphatic heterocycles. The van der Waals surface area contributed by atoms with Crippen LogP contribution >= 0.6 is 0 Å². The van der Waals surface area contributed by atoms with Crippen LogP contribution in [0.2, 0.25) is 0 Å². The van der Waals surface area contributed by atoms with Crippen molar-refractivity contribution in [3.8, 4) is 11.3 Å². The van der Waals surface area contributed by atoms with E-state index < -0.39 is 7.40 Å². The smallest absolute Gasteiger partial charge is 0.324 e. The quantitative estimate of drug-likeness (QED) is 0.172. The molecule has 0 aliphatic carbocycles. The number of aliphatic imine (C=N–C) groups is 1. The zero-order valence-electron chi connectivity index (χ0n) is 25.4. The van der Waals surface area contributed by atoms with Crippen molar-refractivity contribution in [3.05, 3.63) is 178 Å². The van der Waals surface area contributed by atoms with Gasteiger partial charge in [-0.3, -0.25) is 8.63 Å². The number of hydrogen-bond acceptors (Lipinski definition) is 1. The Hall–Kier alpha value is -5.29. The van der Waals surface area contributed by atoms with Gasteiger partial charge in [0, 0.05) is 38.7 Å². The predicted molar refractivity (Wildman–Crippen MR) is 185 cm³/mol. The molecule has 1 aliphatic rings. The molecule has 2 nitrogen and oxygen atoms in total. The van der Waals surface area contributed by atoms with Crippen LogP contribution in [0.25, 0.3) is 33.2 Å². The van der Waals surface area contributed by atoms with Crippen molar-refractivity contribution in [3.63, 3.8) is 0 Å². The van der Waals surface area contributed by atoms with Crippen molar-refractivity contribution in [2.24, 2.45) is 4.99 Å². The number of benzene rings is 5. The highest BCUT2D eigenvalue weighted by Crippen LogP contribution is 2.45. The van der Waals surface area contributed by atoms with Crippen molar-refractivity contribution in [1.82, 2.24) is 4.48 Å². The number of rotatable bonds is 6. The summed E-state index contributed by atoms with van der Waals surface area (Å²) in [5.41, 5.74) is 10.6. The van der Waals surface area contributed by atoms with E-state index in [4.69, 9.17) is 4.99 Å². The standard InChI is InChI=1S/C40H31BF2N2/c1-26-13-12-18-31(23-26)35-25-36(29-14-6-4-7-15-29)44-38(35)37(30-16-8-5-9-17-30)40-33-20-11-10-19-32(33)39(45(40)41(42)43)34-24-27(2)21-22-28(34)3/h4-25H,1-3H3. The highest BCUT2D eigenvalue weighted by atomic mass is 19.2. The molecule has 5 heteroatoms. The topological polar surface area (TPSA) is 17.3 Å². The van der Waals surface area contributed by atoms with Crippen molar-refractivity contribution < 1.29 is 8.63 Å². The van der Waals surface area contributed by atoms with E-state index in [2.05, 4.69) is 31.2 Å². The van der Waals surface area contributed by atoms with Gasteiger partial charge in [-0.1, -0.05) is 132 Å². The van der Waals surface area contributed by atoms with Crippen LogP contribution in [0.15, 0.2) is 144 Å². The number of halogens is 2. The van der Waals surface area contributed by atoms with Crippen LogP contribution < -0.4 is 0 Å². The van der Waals surface area contributed by atoms with E-state index in [1.165, 1.54) is 4.48 Å². The van der Waals surface area contributed by atoms with Crippen LogP contribution in [-0.2, 0) is 0 Å². The maximum atomic E-state index is 15.7. The second-order valence-electron chi connectivity index (χ2n) is 11.6. The fraction of sp³-hybridized carbons (Fsp3) is 0.0750. The molecule has 45 heavy (non-hydrogen) atoms. The van der Waals surface area contributed by atoms with Gasteiger partial charge in [-0.2, -0.15) is 0 Å². The number of nitrogens with zero attached hydrogens (tertiary/aromatic N) is 2. The van der Waals surface area contributed by atoms with Crippen LogP contribution in [0.4, 0.5) is 8.63 Å². The maximum Gasteiger partial charge on any atom is 0.678 e. The zero-order valence-corrected chi connectivity index (χ0v) is 25.4. The van der Waals surface area contributed by atoms with Gasteiger partial charge >= 0.3 is 7.40 Å². The summed E-state index contributed by atoms with van der Waals surface area (Å²) in [5.74, 6) is 0. The molecule has 1 aromatic heterocycles. The molecule has 0 atom stereocenters. The molecule has 0 fully saturated rings. The Morgan fingerprint density at radius 2 is 1.29 bits per heavy atom. The number of aryl methyl sites for hydroxylation is 3. The third-order valence-corrected chi connectivity index (χ3v) is 8.47. The van der Waals surface area contributed by atoms with Gasteiger partial charge in [-0.05, 0) is 49.6 Å². The molecule has 2 heterocycles. The Morgan fingerprint density at radius 3 is 2.00 bits per heavy atom. The van der Waals surface area contributed by atoms with E-state index in [9.17, 15) is 0 Å². The molecular weight excluding hydrogens is 557 g/mol. The van der Waals surface area contributed by atoms with E-state index in [1.54, 1.807) is 0 Å². The molecule has 0 saturated carbocycles. The zero-order chi connectivity index (χ0) is 31.1. The molecular formula is C40H31BF2N2. The number of fused-ring (bicyclic) bond motifs is 1. The Balaban J connectivity index is 1.65. The monoisotopic (exact) mass is 588 g/mol. The molecule has 0 spiro atoms.